The third-order valence-electron chi connectivity index (χ3n) is 5.93. The number of hydrogen-bond acceptors (Lipinski definition) is 0. The third-order valence-corrected chi connectivity index (χ3v) is 7.84. The Kier molecular flexibility index (Phi) is 3.22. The summed E-state index contributed by atoms with van der Waals surface area (Å²) < 4.78 is 0. The molecule has 2 unspecified atom stereocenters. The molecule has 2 fully saturated rings. The molecule has 3 aliphatic rings. The maximum atomic E-state index is 2.57. The van der Waals surface area contributed by atoms with Crippen LogP contribution in [0.4, 0.5) is 0 Å². The van der Waals surface area contributed by atoms with Gasteiger partial charge in [0, 0.05) is 5.66 Å². The van der Waals surface area contributed by atoms with Gasteiger partial charge < -0.3 is 0 Å². The molecule has 0 nitrogen and oxygen atoms in total. The SMILES string of the molecule is CC(C[C@@]1(C)C(C)=C(C)[C@H]2PCCCC21)=C1CC1. The molecule has 0 amide bonds. The number of hydrogen-bond donors (Lipinski definition) is 0. The minimum atomic E-state index is 0.488. The second-order valence-corrected chi connectivity index (χ2v) is 8.50. The van der Waals surface area contributed by atoms with Gasteiger partial charge in [-0.25, -0.2) is 0 Å². The Morgan fingerprint density at radius 2 is 2.06 bits per heavy atom. The van der Waals surface area contributed by atoms with E-state index in [1.54, 1.807) is 22.3 Å². The average Bonchev–Trinajstić information content (AvgIpc) is 3.18. The molecular formula is C17H27P. The minimum absolute atomic E-state index is 0.488. The highest BCUT2D eigenvalue weighted by Gasteiger charge is 2.48. The van der Waals surface area contributed by atoms with Gasteiger partial charge in [0.25, 0.3) is 0 Å². The molecule has 0 radical (unpaired) electrons. The van der Waals surface area contributed by atoms with Crippen LogP contribution in [0.25, 0.3) is 0 Å². The van der Waals surface area contributed by atoms with Gasteiger partial charge >= 0.3 is 0 Å². The molecular weight excluding hydrogens is 235 g/mol. The summed E-state index contributed by atoms with van der Waals surface area (Å²) in [6.07, 6.45) is 8.56. The molecule has 2 aliphatic carbocycles. The van der Waals surface area contributed by atoms with E-state index in [1.807, 2.05) is 0 Å². The van der Waals surface area contributed by atoms with Crippen LogP contribution < -0.4 is 0 Å². The standard InChI is InChI=1S/C17H27P/c1-11(14-7-8-14)10-17(4)13(3)12(2)16-15(17)6-5-9-18-16/h15-16,18H,5-10H2,1-4H3/t15?,16-,17+/m1/s1. The Morgan fingerprint density at radius 1 is 1.33 bits per heavy atom. The topological polar surface area (TPSA) is 0 Å². The van der Waals surface area contributed by atoms with Crippen molar-refractivity contribution in [2.24, 2.45) is 11.3 Å². The van der Waals surface area contributed by atoms with E-state index in [0.717, 1.165) is 11.6 Å². The van der Waals surface area contributed by atoms with Gasteiger partial charge in [-0.05, 0) is 70.4 Å². The lowest BCUT2D eigenvalue weighted by atomic mass is 9.69. The highest BCUT2D eigenvalue weighted by atomic mass is 31.1. The summed E-state index contributed by atoms with van der Waals surface area (Å²) >= 11 is 0. The second kappa shape index (κ2) is 4.48. The first-order valence-electron chi connectivity index (χ1n) is 7.63. The zero-order chi connectivity index (χ0) is 12.9. The normalized spacial score (nSPS) is 40.3. The van der Waals surface area contributed by atoms with Crippen molar-refractivity contribution in [3.8, 4) is 0 Å². The Morgan fingerprint density at radius 3 is 2.72 bits per heavy atom. The van der Waals surface area contributed by atoms with Crippen LogP contribution in [0.5, 0.6) is 0 Å². The van der Waals surface area contributed by atoms with Gasteiger partial charge in [-0.15, -0.1) is 8.58 Å². The molecule has 4 atom stereocenters. The fourth-order valence-electron chi connectivity index (χ4n) is 4.42. The van der Waals surface area contributed by atoms with Gasteiger partial charge in [0.1, 0.15) is 0 Å². The summed E-state index contributed by atoms with van der Waals surface area (Å²) in [6, 6.07) is 0. The molecule has 1 aliphatic heterocycles. The summed E-state index contributed by atoms with van der Waals surface area (Å²) in [6.45, 7) is 9.83. The van der Waals surface area contributed by atoms with E-state index in [2.05, 4.69) is 27.7 Å². The van der Waals surface area contributed by atoms with E-state index in [4.69, 9.17) is 0 Å². The summed E-state index contributed by atoms with van der Waals surface area (Å²) in [5.74, 6) is 0.957. The molecule has 0 N–H and O–H groups in total. The molecule has 1 saturated carbocycles. The zero-order valence-electron chi connectivity index (χ0n) is 12.4. The van der Waals surface area contributed by atoms with Crippen molar-refractivity contribution < 1.29 is 0 Å². The Hall–Kier alpha value is -0.0900. The van der Waals surface area contributed by atoms with E-state index in [0.29, 0.717) is 5.41 Å². The van der Waals surface area contributed by atoms with Crippen LogP contribution >= 0.6 is 8.58 Å². The highest BCUT2D eigenvalue weighted by molar-refractivity contribution is 7.39. The first kappa shape index (κ1) is 12.9. The van der Waals surface area contributed by atoms with Crippen LogP contribution in [0.1, 0.15) is 59.8 Å². The maximum absolute atomic E-state index is 2.57. The van der Waals surface area contributed by atoms with Crippen LogP contribution in [-0.2, 0) is 0 Å². The lowest BCUT2D eigenvalue weighted by Gasteiger charge is -2.39. The summed E-state index contributed by atoms with van der Waals surface area (Å²) in [5.41, 5.74) is 8.42. The van der Waals surface area contributed by atoms with E-state index in [1.165, 1.54) is 46.8 Å². The van der Waals surface area contributed by atoms with Gasteiger partial charge in [0.05, 0.1) is 0 Å². The second-order valence-electron chi connectivity index (χ2n) is 6.97. The number of fused-ring (bicyclic) bond motifs is 1. The molecule has 0 spiro atoms. The summed E-state index contributed by atoms with van der Waals surface area (Å²) in [5, 5.41) is 0. The van der Waals surface area contributed by atoms with E-state index in [9.17, 15) is 0 Å². The summed E-state index contributed by atoms with van der Waals surface area (Å²) in [7, 11) is 1.20. The maximum Gasteiger partial charge on any atom is 0.000959 e. The predicted molar refractivity (Wildman–Crippen MR) is 82.7 cm³/mol. The van der Waals surface area contributed by atoms with Crippen molar-refractivity contribution in [1.82, 2.24) is 0 Å². The zero-order valence-corrected chi connectivity index (χ0v) is 13.4. The number of allylic oxidation sites excluding steroid dienone is 4. The first-order chi connectivity index (χ1) is 8.54. The minimum Gasteiger partial charge on any atom is -0.114 e. The van der Waals surface area contributed by atoms with Crippen molar-refractivity contribution in [3.63, 3.8) is 0 Å². The average molecular weight is 262 g/mol. The molecule has 100 valence electrons. The molecule has 1 heteroatoms. The molecule has 0 bridgehead atoms. The van der Waals surface area contributed by atoms with Crippen LogP contribution in [0.2, 0.25) is 0 Å². The quantitative estimate of drug-likeness (QED) is 0.468. The summed E-state index contributed by atoms with van der Waals surface area (Å²) in [4.78, 5) is 0. The lowest BCUT2D eigenvalue weighted by molar-refractivity contribution is 0.242. The van der Waals surface area contributed by atoms with Crippen LogP contribution in [-0.4, -0.2) is 11.8 Å². The van der Waals surface area contributed by atoms with Gasteiger partial charge in [-0.3, -0.25) is 0 Å². The molecule has 1 saturated heterocycles. The monoisotopic (exact) mass is 262 g/mol. The lowest BCUT2D eigenvalue weighted by Crippen LogP contribution is -2.31. The smallest absolute Gasteiger partial charge is 0.000959 e. The van der Waals surface area contributed by atoms with Crippen LogP contribution in [0.15, 0.2) is 22.3 Å². The van der Waals surface area contributed by atoms with Crippen molar-refractivity contribution >= 4 is 8.58 Å². The van der Waals surface area contributed by atoms with Crippen molar-refractivity contribution in [3.05, 3.63) is 22.3 Å². The molecule has 0 aromatic rings. The molecule has 3 rings (SSSR count). The molecule has 0 aromatic heterocycles. The van der Waals surface area contributed by atoms with E-state index in [-0.39, 0.29) is 0 Å². The Bertz CT molecular complexity index is 423. The van der Waals surface area contributed by atoms with Gasteiger partial charge in [0.15, 0.2) is 0 Å². The van der Waals surface area contributed by atoms with Crippen molar-refractivity contribution in [1.29, 1.82) is 0 Å². The predicted octanol–water partition coefficient (Wildman–Crippen LogP) is 5.30. The van der Waals surface area contributed by atoms with Crippen molar-refractivity contribution in [2.45, 2.75) is 65.5 Å². The largest absolute Gasteiger partial charge is 0.114 e. The van der Waals surface area contributed by atoms with Crippen LogP contribution in [0.3, 0.4) is 0 Å². The third kappa shape index (κ3) is 1.92. The molecule has 0 aromatic carbocycles. The fraction of sp³-hybridized carbons (Fsp3) is 0.765. The molecule has 18 heavy (non-hydrogen) atoms. The molecule has 1 heterocycles. The Balaban J connectivity index is 1.91. The number of rotatable bonds is 2. The highest BCUT2D eigenvalue weighted by Crippen LogP contribution is 2.60. The van der Waals surface area contributed by atoms with Crippen LogP contribution in [0, 0.1) is 11.3 Å². The van der Waals surface area contributed by atoms with Gasteiger partial charge in [-0.2, -0.15) is 0 Å². The first-order valence-corrected chi connectivity index (χ1v) is 8.91. The van der Waals surface area contributed by atoms with Crippen molar-refractivity contribution in [2.75, 3.05) is 6.16 Å². The van der Waals surface area contributed by atoms with Gasteiger partial charge in [-0.1, -0.05) is 29.2 Å². The van der Waals surface area contributed by atoms with E-state index >= 15 is 0 Å². The Labute approximate surface area is 114 Å². The fourth-order valence-corrected chi connectivity index (χ4v) is 6.48. The van der Waals surface area contributed by atoms with Gasteiger partial charge in [0.2, 0.25) is 0 Å². The van der Waals surface area contributed by atoms with E-state index < -0.39 is 0 Å².